The second kappa shape index (κ2) is 2.76. The highest BCUT2D eigenvalue weighted by molar-refractivity contribution is 6.51. The molecule has 1 aromatic carbocycles. The molecule has 0 spiro atoms. The smallest absolute Gasteiger partial charge is 0.289 e. The Balaban J connectivity index is 1.96. The number of Topliss-reactive ketones (excluding diaryl/α,β-unsaturated/α-hetero) is 1. The molecule has 0 saturated carbocycles. The minimum atomic E-state index is -0.255. The second-order valence-electron chi connectivity index (χ2n) is 3.87. The Morgan fingerprint density at radius 1 is 1.29 bits per heavy atom. The van der Waals surface area contributed by atoms with Crippen LogP contribution in [0, 0.1) is 0 Å². The van der Waals surface area contributed by atoms with Crippen molar-refractivity contribution in [2.24, 2.45) is 4.99 Å². The van der Waals surface area contributed by atoms with Gasteiger partial charge in [0.2, 0.25) is 5.78 Å². The van der Waals surface area contributed by atoms with Crippen LogP contribution in [0.15, 0.2) is 29.3 Å². The van der Waals surface area contributed by atoms with Crippen molar-refractivity contribution in [3.05, 3.63) is 35.4 Å². The van der Waals surface area contributed by atoms with Gasteiger partial charge in [0, 0.05) is 5.56 Å². The fraction of sp³-hybridized carbons (Fsp3) is 0.100. The Labute approximate surface area is 95.1 Å². The van der Waals surface area contributed by atoms with Crippen molar-refractivity contribution in [2.45, 2.75) is 6.04 Å². The monoisotopic (exact) mass is 226 g/mol. The summed E-state index contributed by atoms with van der Waals surface area (Å²) in [5, 5.41) is 10.9. The summed E-state index contributed by atoms with van der Waals surface area (Å²) in [6, 6.07) is 7.19. The van der Waals surface area contributed by atoms with Crippen LogP contribution < -0.4 is 5.43 Å². The molecule has 2 heterocycles. The molecule has 1 aliphatic heterocycles. The van der Waals surface area contributed by atoms with E-state index in [0.717, 1.165) is 5.56 Å². The first-order chi connectivity index (χ1) is 8.34. The molecule has 2 aromatic rings. The van der Waals surface area contributed by atoms with Gasteiger partial charge < -0.3 is 0 Å². The fourth-order valence-corrected chi connectivity index (χ4v) is 2.18. The van der Waals surface area contributed by atoms with E-state index in [-0.39, 0.29) is 11.8 Å². The van der Waals surface area contributed by atoms with Crippen LogP contribution >= 0.6 is 0 Å². The molecule has 0 saturated heterocycles. The summed E-state index contributed by atoms with van der Waals surface area (Å²) in [5.74, 6) is 0.241. The van der Waals surface area contributed by atoms with Crippen LogP contribution in [0.3, 0.4) is 0 Å². The number of nitrogens with one attached hydrogen (secondary N) is 1. The SMILES string of the molecule is O=C1C2=Nc3nnnn3NC2c2ccccc21. The molecule has 7 nitrogen and oxygen atoms in total. The van der Waals surface area contributed by atoms with Crippen LogP contribution in [-0.4, -0.2) is 31.8 Å². The van der Waals surface area contributed by atoms with Crippen molar-refractivity contribution in [1.29, 1.82) is 0 Å². The number of aliphatic imine (C=N–C) groups is 1. The van der Waals surface area contributed by atoms with Crippen molar-refractivity contribution >= 4 is 17.4 Å². The molecule has 1 aromatic heterocycles. The van der Waals surface area contributed by atoms with E-state index in [1.165, 1.54) is 4.79 Å². The molecule has 0 bridgehead atoms. The summed E-state index contributed by atoms with van der Waals surface area (Å²) in [7, 11) is 0. The Kier molecular flexibility index (Phi) is 1.39. The molecule has 0 radical (unpaired) electrons. The van der Waals surface area contributed by atoms with E-state index in [4.69, 9.17) is 0 Å². The molecule has 1 aliphatic carbocycles. The van der Waals surface area contributed by atoms with E-state index < -0.39 is 0 Å². The van der Waals surface area contributed by atoms with Crippen molar-refractivity contribution < 1.29 is 4.79 Å². The average Bonchev–Trinajstić information content (AvgIpc) is 2.92. The first-order valence-corrected chi connectivity index (χ1v) is 5.12. The van der Waals surface area contributed by atoms with Gasteiger partial charge in [-0.3, -0.25) is 10.2 Å². The van der Waals surface area contributed by atoms with Crippen molar-refractivity contribution in [1.82, 2.24) is 20.3 Å². The maximum atomic E-state index is 12.1. The zero-order valence-corrected chi connectivity index (χ0v) is 8.53. The molecule has 1 N–H and O–H groups in total. The van der Waals surface area contributed by atoms with Gasteiger partial charge >= 0.3 is 0 Å². The lowest BCUT2D eigenvalue weighted by atomic mass is 10.1. The van der Waals surface area contributed by atoms with Crippen LogP contribution in [-0.2, 0) is 0 Å². The maximum Gasteiger partial charge on any atom is 0.289 e. The van der Waals surface area contributed by atoms with E-state index in [0.29, 0.717) is 17.2 Å². The zero-order chi connectivity index (χ0) is 11.4. The topological polar surface area (TPSA) is 85.1 Å². The average molecular weight is 226 g/mol. The number of benzene rings is 1. The Hall–Kier alpha value is -2.57. The third-order valence-corrected chi connectivity index (χ3v) is 2.95. The molecule has 1 atom stereocenters. The maximum absolute atomic E-state index is 12.1. The van der Waals surface area contributed by atoms with E-state index >= 15 is 0 Å². The molecule has 82 valence electrons. The predicted octanol–water partition coefficient (Wildman–Crippen LogP) is 0.240. The molecule has 2 aliphatic rings. The zero-order valence-electron chi connectivity index (χ0n) is 8.53. The number of ketones is 1. The molecule has 0 fully saturated rings. The van der Waals surface area contributed by atoms with Crippen LogP contribution in [0.25, 0.3) is 0 Å². The van der Waals surface area contributed by atoms with Gasteiger partial charge in [0.25, 0.3) is 5.95 Å². The fourth-order valence-electron chi connectivity index (χ4n) is 2.18. The first-order valence-electron chi connectivity index (χ1n) is 5.12. The third-order valence-electron chi connectivity index (χ3n) is 2.95. The van der Waals surface area contributed by atoms with Crippen molar-refractivity contribution in [2.75, 3.05) is 5.43 Å². The number of hydrogen-bond acceptors (Lipinski definition) is 6. The minimum absolute atomic E-state index is 0.0626. The number of rotatable bonds is 0. The number of nitrogens with zero attached hydrogens (tertiary/aromatic N) is 5. The summed E-state index contributed by atoms with van der Waals surface area (Å²) in [6.07, 6.45) is 0. The van der Waals surface area contributed by atoms with Gasteiger partial charge in [-0.15, -0.1) is 4.79 Å². The number of carbonyl (C=O) groups excluding carboxylic acids is 1. The van der Waals surface area contributed by atoms with Gasteiger partial charge in [-0.25, -0.2) is 4.99 Å². The Morgan fingerprint density at radius 2 is 2.18 bits per heavy atom. The third kappa shape index (κ3) is 0.975. The number of aromatic nitrogens is 4. The Bertz CT molecular complexity index is 673. The normalized spacial score (nSPS) is 20.1. The number of carbonyl (C=O) groups is 1. The Morgan fingerprint density at radius 3 is 3.12 bits per heavy atom. The van der Waals surface area contributed by atoms with Crippen molar-refractivity contribution in [3.63, 3.8) is 0 Å². The molecule has 0 amide bonds. The molecule has 17 heavy (non-hydrogen) atoms. The second-order valence-corrected chi connectivity index (χ2v) is 3.87. The molecule has 7 heteroatoms. The molecular formula is C10H6N6O. The van der Waals surface area contributed by atoms with Gasteiger partial charge in [0.05, 0.1) is 0 Å². The van der Waals surface area contributed by atoms with E-state index in [9.17, 15) is 4.79 Å². The highest BCUT2D eigenvalue weighted by Crippen LogP contribution is 2.33. The molecular weight excluding hydrogens is 220 g/mol. The van der Waals surface area contributed by atoms with Crippen LogP contribution in [0.1, 0.15) is 22.0 Å². The summed E-state index contributed by atoms with van der Waals surface area (Å²) in [4.78, 5) is 17.7. The quantitative estimate of drug-likeness (QED) is 0.695. The number of fused-ring (bicyclic) bond motifs is 4. The van der Waals surface area contributed by atoms with Gasteiger partial charge in [-0.1, -0.05) is 29.4 Å². The van der Waals surface area contributed by atoms with Crippen LogP contribution in [0.4, 0.5) is 5.95 Å². The summed E-state index contributed by atoms with van der Waals surface area (Å²) in [6.45, 7) is 0. The van der Waals surface area contributed by atoms with Gasteiger partial charge in [-0.2, -0.15) is 0 Å². The summed E-state index contributed by atoms with van der Waals surface area (Å²) >= 11 is 0. The largest absolute Gasteiger partial charge is 0.291 e. The summed E-state index contributed by atoms with van der Waals surface area (Å²) in [5.41, 5.74) is 5.10. The van der Waals surface area contributed by atoms with Gasteiger partial charge in [0.1, 0.15) is 11.8 Å². The standard InChI is InChI=1S/C10H6N6O/c17-9-6-4-2-1-3-5(6)7-8(9)11-10-12-14-15-16(10)13-7/h1-4,7,13H. The van der Waals surface area contributed by atoms with Crippen LogP contribution in [0.5, 0.6) is 0 Å². The molecule has 4 rings (SSSR count). The van der Waals surface area contributed by atoms with Crippen molar-refractivity contribution in [3.8, 4) is 0 Å². The minimum Gasteiger partial charge on any atom is -0.291 e. The highest BCUT2D eigenvalue weighted by atomic mass is 16.1. The summed E-state index contributed by atoms with van der Waals surface area (Å²) < 4.78 is 0. The van der Waals surface area contributed by atoms with E-state index in [1.807, 2.05) is 18.2 Å². The van der Waals surface area contributed by atoms with Gasteiger partial charge in [-0.05, 0) is 16.0 Å². The highest BCUT2D eigenvalue weighted by Gasteiger charge is 2.39. The van der Waals surface area contributed by atoms with E-state index in [2.05, 4.69) is 25.9 Å². The lowest BCUT2D eigenvalue weighted by molar-refractivity contribution is 0.106. The molecule has 1 unspecified atom stereocenters. The number of hydrogen-bond donors (Lipinski definition) is 1. The number of tetrazole rings is 1. The van der Waals surface area contributed by atoms with E-state index in [1.54, 1.807) is 6.07 Å². The first kappa shape index (κ1) is 8.57. The predicted molar refractivity (Wildman–Crippen MR) is 57.8 cm³/mol. The van der Waals surface area contributed by atoms with Crippen LogP contribution in [0.2, 0.25) is 0 Å². The lowest BCUT2D eigenvalue weighted by Gasteiger charge is -2.18. The lowest BCUT2D eigenvalue weighted by Crippen LogP contribution is -2.31. The van der Waals surface area contributed by atoms with Gasteiger partial charge in [0.15, 0.2) is 0 Å².